The quantitative estimate of drug-likeness (QED) is 0.909. The van der Waals surface area contributed by atoms with E-state index < -0.39 is 18.1 Å². The monoisotopic (exact) mass is 303 g/mol. The van der Waals surface area contributed by atoms with Gasteiger partial charge in [-0.2, -0.15) is 18.3 Å². The summed E-state index contributed by atoms with van der Waals surface area (Å²) in [5.74, 6) is -2.63. The maximum absolute atomic E-state index is 12.9. The molecule has 1 aromatic rings. The molecule has 0 amide bonds. The number of anilines is 1. The fourth-order valence-electron chi connectivity index (χ4n) is 2.51. The SMILES string of the molecule is Cc1nnc(N2CCCC(C(F)(F)F)C2)c(C(=O)O)c1C. The third-order valence-corrected chi connectivity index (χ3v) is 3.83. The smallest absolute Gasteiger partial charge is 0.393 e. The summed E-state index contributed by atoms with van der Waals surface area (Å²) < 4.78 is 38.6. The second-order valence-corrected chi connectivity index (χ2v) is 5.24. The molecule has 0 aromatic carbocycles. The molecule has 1 aliphatic heterocycles. The van der Waals surface area contributed by atoms with Gasteiger partial charge in [0.05, 0.1) is 11.6 Å². The lowest BCUT2D eigenvalue weighted by atomic mass is 9.97. The first-order valence-electron chi connectivity index (χ1n) is 6.60. The van der Waals surface area contributed by atoms with Gasteiger partial charge in [-0.25, -0.2) is 4.79 Å². The minimum atomic E-state index is -4.28. The Balaban J connectivity index is 2.38. The molecule has 1 fully saturated rings. The Bertz CT molecular complexity index is 560. The molecule has 0 bridgehead atoms. The van der Waals surface area contributed by atoms with Crippen molar-refractivity contribution in [2.24, 2.45) is 5.92 Å². The van der Waals surface area contributed by atoms with Crippen LogP contribution in [-0.4, -0.2) is 40.5 Å². The molecular formula is C13H16F3N3O2. The highest BCUT2D eigenvalue weighted by Crippen LogP contribution is 2.35. The largest absolute Gasteiger partial charge is 0.478 e. The van der Waals surface area contributed by atoms with E-state index in [-0.39, 0.29) is 24.3 Å². The van der Waals surface area contributed by atoms with E-state index in [0.29, 0.717) is 24.2 Å². The minimum absolute atomic E-state index is 0.0274. The molecule has 2 rings (SSSR count). The van der Waals surface area contributed by atoms with Gasteiger partial charge in [-0.3, -0.25) is 0 Å². The van der Waals surface area contributed by atoms with Crippen LogP contribution in [0.3, 0.4) is 0 Å². The van der Waals surface area contributed by atoms with Crippen LogP contribution in [-0.2, 0) is 0 Å². The third kappa shape index (κ3) is 3.08. The first kappa shape index (κ1) is 15.5. The van der Waals surface area contributed by atoms with E-state index in [1.165, 1.54) is 4.90 Å². The molecule has 2 heterocycles. The minimum Gasteiger partial charge on any atom is -0.478 e. The molecule has 21 heavy (non-hydrogen) atoms. The van der Waals surface area contributed by atoms with Crippen molar-refractivity contribution in [1.29, 1.82) is 0 Å². The van der Waals surface area contributed by atoms with E-state index in [1.807, 2.05) is 0 Å². The van der Waals surface area contributed by atoms with Gasteiger partial charge in [0.15, 0.2) is 5.82 Å². The summed E-state index contributed by atoms with van der Waals surface area (Å²) >= 11 is 0. The molecule has 1 aliphatic rings. The molecule has 0 spiro atoms. The van der Waals surface area contributed by atoms with E-state index in [2.05, 4.69) is 10.2 Å². The van der Waals surface area contributed by atoms with Crippen LogP contribution in [0.15, 0.2) is 0 Å². The molecule has 1 atom stereocenters. The van der Waals surface area contributed by atoms with Crippen LogP contribution in [0.5, 0.6) is 0 Å². The number of hydrogen-bond acceptors (Lipinski definition) is 4. The number of aryl methyl sites for hydroxylation is 1. The van der Waals surface area contributed by atoms with Crippen molar-refractivity contribution in [3.8, 4) is 0 Å². The van der Waals surface area contributed by atoms with Crippen LogP contribution in [0.25, 0.3) is 0 Å². The van der Waals surface area contributed by atoms with E-state index in [9.17, 15) is 23.1 Å². The number of carboxylic acid groups (broad SMARTS) is 1. The number of aromatic carboxylic acids is 1. The number of alkyl halides is 3. The molecular weight excluding hydrogens is 287 g/mol. The topological polar surface area (TPSA) is 66.3 Å². The summed E-state index contributed by atoms with van der Waals surface area (Å²) in [6.45, 7) is 3.28. The Kier molecular flexibility index (Phi) is 4.06. The Morgan fingerprint density at radius 3 is 2.57 bits per heavy atom. The van der Waals surface area contributed by atoms with Gasteiger partial charge in [0.1, 0.15) is 5.56 Å². The Morgan fingerprint density at radius 2 is 2.00 bits per heavy atom. The highest BCUT2D eigenvalue weighted by Gasteiger charge is 2.42. The molecule has 1 N–H and O–H groups in total. The summed E-state index contributed by atoms with van der Waals surface area (Å²) in [5, 5.41) is 17.0. The van der Waals surface area contributed by atoms with Crippen molar-refractivity contribution in [1.82, 2.24) is 10.2 Å². The Hall–Kier alpha value is -1.86. The molecule has 116 valence electrons. The van der Waals surface area contributed by atoms with E-state index >= 15 is 0 Å². The zero-order chi connectivity index (χ0) is 15.8. The van der Waals surface area contributed by atoms with Gasteiger partial charge in [0.2, 0.25) is 0 Å². The Morgan fingerprint density at radius 1 is 1.33 bits per heavy atom. The van der Waals surface area contributed by atoms with Crippen LogP contribution in [0.2, 0.25) is 0 Å². The lowest BCUT2D eigenvalue weighted by Crippen LogP contribution is -2.43. The number of piperidine rings is 1. The first-order chi connectivity index (χ1) is 9.71. The Labute approximate surface area is 119 Å². The number of nitrogens with zero attached hydrogens (tertiary/aromatic N) is 3. The van der Waals surface area contributed by atoms with Crippen molar-refractivity contribution in [2.45, 2.75) is 32.9 Å². The summed E-state index contributed by atoms with van der Waals surface area (Å²) in [7, 11) is 0. The maximum Gasteiger partial charge on any atom is 0.393 e. The zero-order valence-electron chi connectivity index (χ0n) is 11.7. The summed E-state index contributed by atoms with van der Waals surface area (Å²) in [6, 6.07) is 0. The van der Waals surface area contributed by atoms with E-state index in [0.717, 1.165) is 0 Å². The molecule has 0 aliphatic carbocycles. The fraction of sp³-hybridized carbons (Fsp3) is 0.615. The summed E-state index contributed by atoms with van der Waals surface area (Å²) in [4.78, 5) is 12.8. The molecule has 0 radical (unpaired) electrons. The van der Waals surface area contributed by atoms with Crippen molar-refractivity contribution in [3.05, 3.63) is 16.8 Å². The predicted octanol–water partition coefficient (Wildman–Crippen LogP) is 2.57. The van der Waals surface area contributed by atoms with Gasteiger partial charge in [-0.1, -0.05) is 0 Å². The molecule has 1 saturated heterocycles. The van der Waals surface area contributed by atoms with Crippen LogP contribution >= 0.6 is 0 Å². The van der Waals surface area contributed by atoms with Crippen LogP contribution in [0.4, 0.5) is 19.0 Å². The summed E-state index contributed by atoms with van der Waals surface area (Å²) in [5.41, 5.74) is 0.826. The predicted molar refractivity (Wildman–Crippen MR) is 69.5 cm³/mol. The highest BCUT2D eigenvalue weighted by molar-refractivity contribution is 5.95. The lowest BCUT2D eigenvalue weighted by molar-refractivity contribution is -0.176. The third-order valence-electron chi connectivity index (χ3n) is 3.83. The number of halogens is 3. The fourth-order valence-corrected chi connectivity index (χ4v) is 2.51. The lowest BCUT2D eigenvalue weighted by Gasteiger charge is -2.35. The zero-order valence-corrected chi connectivity index (χ0v) is 11.7. The maximum atomic E-state index is 12.9. The molecule has 5 nitrogen and oxygen atoms in total. The molecule has 1 aromatic heterocycles. The van der Waals surface area contributed by atoms with Crippen LogP contribution in [0.1, 0.15) is 34.5 Å². The van der Waals surface area contributed by atoms with Gasteiger partial charge >= 0.3 is 12.1 Å². The average Bonchev–Trinajstić information content (AvgIpc) is 2.40. The number of carboxylic acids is 1. The number of carbonyl (C=O) groups is 1. The molecule has 1 unspecified atom stereocenters. The van der Waals surface area contributed by atoms with E-state index in [1.54, 1.807) is 13.8 Å². The normalized spacial score (nSPS) is 19.7. The standard InChI is InChI=1S/C13H16F3N3O2/c1-7-8(2)17-18-11(10(7)12(20)21)19-5-3-4-9(6-19)13(14,15)16/h9H,3-6H2,1-2H3,(H,20,21). The van der Waals surface area contributed by atoms with Crippen molar-refractivity contribution in [2.75, 3.05) is 18.0 Å². The highest BCUT2D eigenvalue weighted by atomic mass is 19.4. The van der Waals surface area contributed by atoms with Gasteiger partial charge in [0, 0.05) is 13.1 Å². The van der Waals surface area contributed by atoms with Gasteiger partial charge < -0.3 is 10.0 Å². The average molecular weight is 303 g/mol. The van der Waals surface area contributed by atoms with Crippen LogP contribution < -0.4 is 4.90 Å². The van der Waals surface area contributed by atoms with E-state index in [4.69, 9.17) is 0 Å². The second-order valence-electron chi connectivity index (χ2n) is 5.24. The molecule has 0 saturated carbocycles. The second kappa shape index (κ2) is 5.50. The van der Waals surface area contributed by atoms with Gasteiger partial charge in [0.25, 0.3) is 0 Å². The number of rotatable bonds is 2. The van der Waals surface area contributed by atoms with Crippen molar-refractivity contribution < 1.29 is 23.1 Å². The van der Waals surface area contributed by atoms with Crippen molar-refractivity contribution in [3.63, 3.8) is 0 Å². The van der Waals surface area contributed by atoms with Gasteiger partial charge in [-0.05, 0) is 32.3 Å². The number of hydrogen-bond donors (Lipinski definition) is 1. The molecule has 8 heteroatoms. The summed E-state index contributed by atoms with van der Waals surface area (Å²) in [6.07, 6.45) is -3.88. The number of aromatic nitrogens is 2. The van der Waals surface area contributed by atoms with Crippen LogP contribution in [0, 0.1) is 19.8 Å². The van der Waals surface area contributed by atoms with Crippen molar-refractivity contribution >= 4 is 11.8 Å². The van der Waals surface area contributed by atoms with Gasteiger partial charge in [-0.15, -0.1) is 5.10 Å². The first-order valence-corrected chi connectivity index (χ1v) is 6.60.